The lowest BCUT2D eigenvalue weighted by Crippen LogP contribution is -2.31. The second-order valence-corrected chi connectivity index (χ2v) is 7.79. The Morgan fingerprint density at radius 1 is 1.29 bits per heavy atom. The molecule has 1 aliphatic rings. The van der Waals surface area contributed by atoms with E-state index in [0.717, 1.165) is 0 Å². The van der Waals surface area contributed by atoms with Crippen LogP contribution in [0.2, 0.25) is 0 Å². The van der Waals surface area contributed by atoms with E-state index < -0.39 is 5.91 Å². The van der Waals surface area contributed by atoms with Gasteiger partial charge in [0.1, 0.15) is 18.1 Å². The number of carbonyl (C=O) groups excluding carboxylic acids is 2. The maximum atomic E-state index is 12.1. The molecule has 0 aliphatic carbocycles. The number of amides is 2. The lowest BCUT2D eigenvalue weighted by Gasteiger charge is -2.17. The predicted octanol–water partition coefficient (Wildman–Crippen LogP) is 2.74. The number of pyridine rings is 1. The van der Waals surface area contributed by atoms with Crippen LogP contribution in [0.1, 0.15) is 42.8 Å². The molecule has 2 amide bonds. The van der Waals surface area contributed by atoms with Gasteiger partial charge in [0.15, 0.2) is 0 Å². The summed E-state index contributed by atoms with van der Waals surface area (Å²) in [6.07, 6.45) is 4.22. The maximum Gasteiger partial charge on any atom is 0.252 e. The lowest BCUT2D eigenvalue weighted by molar-refractivity contribution is -0.119. The highest BCUT2D eigenvalue weighted by Crippen LogP contribution is 2.37. The fourth-order valence-electron chi connectivity index (χ4n) is 3.53. The van der Waals surface area contributed by atoms with E-state index >= 15 is 0 Å². The maximum absolute atomic E-state index is 12.1. The summed E-state index contributed by atoms with van der Waals surface area (Å²) in [5.74, 6) is 1.12. The quantitative estimate of drug-likeness (QED) is 0.596. The fourth-order valence-corrected chi connectivity index (χ4v) is 3.53. The number of hydrogen-bond acceptors (Lipinski definition) is 7. The molecule has 1 aromatic carbocycles. The van der Waals surface area contributed by atoms with E-state index in [0.29, 0.717) is 52.5 Å². The first-order valence-corrected chi connectivity index (χ1v) is 10.1. The smallest absolute Gasteiger partial charge is 0.252 e. The zero-order valence-electron chi connectivity index (χ0n) is 17.6. The predicted molar refractivity (Wildman–Crippen MR) is 113 cm³/mol. The van der Waals surface area contributed by atoms with E-state index in [-0.39, 0.29) is 30.2 Å². The molecule has 9 heteroatoms. The van der Waals surface area contributed by atoms with Crippen LogP contribution in [0.4, 0.5) is 0 Å². The molecular formula is C22H24N4O5. The topological polar surface area (TPSA) is 130 Å². The molecule has 9 nitrogen and oxygen atoms in total. The normalized spacial score (nSPS) is 16.0. The average molecular weight is 424 g/mol. The molecule has 162 valence electrons. The number of primary amides is 1. The van der Waals surface area contributed by atoms with Crippen LogP contribution >= 0.6 is 0 Å². The van der Waals surface area contributed by atoms with E-state index in [4.69, 9.17) is 19.6 Å². The average Bonchev–Trinajstić information content (AvgIpc) is 3.33. The molecule has 1 saturated heterocycles. The van der Waals surface area contributed by atoms with Crippen LogP contribution in [0.15, 0.2) is 28.9 Å². The summed E-state index contributed by atoms with van der Waals surface area (Å²) in [5, 5.41) is 4.14. The van der Waals surface area contributed by atoms with Crippen LogP contribution in [-0.2, 0) is 4.79 Å². The lowest BCUT2D eigenvalue weighted by atomic mass is 10.0. The highest BCUT2D eigenvalue weighted by Gasteiger charge is 2.23. The van der Waals surface area contributed by atoms with Gasteiger partial charge in [-0.2, -0.15) is 0 Å². The highest BCUT2D eigenvalue weighted by atomic mass is 16.5. The number of aromatic nitrogens is 2. The minimum Gasteiger partial charge on any atom is -0.490 e. The summed E-state index contributed by atoms with van der Waals surface area (Å²) in [7, 11) is 0. The summed E-state index contributed by atoms with van der Waals surface area (Å²) in [4.78, 5) is 32.3. The minimum atomic E-state index is -0.611. The Balaban J connectivity index is 1.83. The SMILES string of the molecule is Cc1cnc(-c2cnc(OC[C@@H]3CCC(=O)N3)c3cc(OC(C)C)c(C(N)=O)cc23)o1. The van der Waals surface area contributed by atoms with Crippen LogP contribution in [0, 0.1) is 6.92 Å². The summed E-state index contributed by atoms with van der Waals surface area (Å²) in [5.41, 5.74) is 6.46. The molecule has 0 saturated carbocycles. The number of nitrogens with two attached hydrogens (primary N) is 1. The molecule has 1 aliphatic heterocycles. The van der Waals surface area contributed by atoms with Crippen LogP contribution < -0.4 is 20.5 Å². The third-order valence-corrected chi connectivity index (χ3v) is 4.94. The Hall–Kier alpha value is -3.62. The Morgan fingerprint density at radius 3 is 2.71 bits per heavy atom. The monoisotopic (exact) mass is 424 g/mol. The van der Waals surface area contributed by atoms with Gasteiger partial charge in [-0.1, -0.05) is 0 Å². The number of benzene rings is 1. The number of fused-ring (bicyclic) bond motifs is 1. The molecule has 31 heavy (non-hydrogen) atoms. The summed E-state index contributed by atoms with van der Waals surface area (Å²) >= 11 is 0. The number of hydrogen-bond donors (Lipinski definition) is 2. The molecule has 3 N–H and O–H groups in total. The van der Waals surface area contributed by atoms with Gasteiger partial charge < -0.3 is 24.9 Å². The first-order valence-electron chi connectivity index (χ1n) is 10.1. The molecule has 0 spiro atoms. The Morgan fingerprint density at radius 2 is 2.10 bits per heavy atom. The van der Waals surface area contributed by atoms with Crippen molar-refractivity contribution < 1.29 is 23.5 Å². The van der Waals surface area contributed by atoms with Gasteiger partial charge in [0.05, 0.1) is 29.5 Å². The van der Waals surface area contributed by atoms with Crippen molar-refractivity contribution in [3.8, 4) is 23.1 Å². The van der Waals surface area contributed by atoms with Crippen molar-refractivity contribution in [2.24, 2.45) is 5.73 Å². The highest BCUT2D eigenvalue weighted by molar-refractivity contribution is 6.05. The van der Waals surface area contributed by atoms with Crippen molar-refractivity contribution in [1.29, 1.82) is 0 Å². The standard InChI is InChI=1S/C22H24N4O5/c1-11(2)30-18-7-15-14(6-16(18)20(23)28)17(22-24-8-12(3)31-22)9-25-21(15)29-10-13-4-5-19(27)26-13/h6-9,11,13H,4-5,10H2,1-3H3,(H2,23,28)(H,26,27)/t13-/m0/s1. The van der Waals surface area contributed by atoms with Crippen LogP contribution in [0.5, 0.6) is 11.6 Å². The van der Waals surface area contributed by atoms with Crippen LogP contribution in [0.25, 0.3) is 22.2 Å². The van der Waals surface area contributed by atoms with Gasteiger partial charge in [0, 0.05) is 23.4 Å². The first kappa shape index (κ1) is 20.6. The third kappa shape index (κ3) is 4.30. The number of carbonyl (C=O) groups is 2. The summed E-state index contributed by atoms with van der Waals surface area (Å²) < 4.78 is 17.5. The van der Waals surface area contributed by atoms with Gasteiger partial charge in [0.25, 0.3) is 5.91 Å². The fraction of sp³-hybridized carbons (Fsp3) is 0.364. The molecule has 1 atom stereocenters. The van der Waals surface area contributed by atoms with Crippen molar-refractivity contribution in [3.05, 3.63) is 35.9 Å². The second-order valence-electron chi connectivity index (χ2n) is 7.79. The molecule has 0 radical (unpaired) electrons. The molecule has 3 aromatic rings. The van der Waals surface area contributed by atoms with Crippen molar-refractivity contribution >= 4 is 22.6 Å². The van der Waals surface area contributed by atoms with Gasteiger partial charge in [-0.05, 0) is 39.3 Å². The van der Waals surface area contributed by atoms with E-state index in [1.807, 2.05) is 13.8 Å². The number of nitrogens with zero attached hydrogens (tertiary/aromatic N) is 2. The van der Waals surface area contributed by atoms with E-state index in [9.17, 15) is 9.59 Å². The number of aryl methyl sites for hydroxylation is 1. The Kier molecular flexibility index (Phi) is 5.50. The van der Waals surface area contributed by atoms with Gasteiger partial charge >= 0.3 is 0 Å². The summed E-state index contributed by atoms with van der Waals surface area (Å²) in [6.45, 7) is 5.80. The molecular weight excluding hydrogens is 400 g/mol. The largest absolute Gasteiger partial charge is 0.490 e. The van der Waals surface area contributed by atoms with Gasteiger partial charge in [-0.25, -0.2) is 9.97 Å². The minimum absolute atomic E-state index is 0.0137. The number of rotatable bonds is 7. The van der Waals surface area contributed by atoms with Crippen molar-refractivity contribution in [2.75, 3.05) is 6.61 Å². The zero-order chi connectivity index (χ0) is 22.1. The van der Waals surface area contributed by atoms with Gasteiger partial charge in [0.2, 0.25) is 17.7 Å². The molecule has 3 heterocycles. The van der Waals surface area contributed by atoms with Crippen molar-refractivity contribution in [3.63, 3.8) is 0 Å². The third-order valence-electron chi connectivity index (χ3n) is 4.94. The molecule has 2 aromatic heterocycles. The molecule has 0 unspecified atom stereocenters. The van der Waals surface area contributed by atoms with E-state index in [1.165, 1.54) is 0 Å². The van der Waals surface area contributed by atoms with Crippen LogP contribution in [-0.4, -0.2) is 40.5 Å². The van der Waals surface area contributed by atoms with E-state index in [2.05, 4.69) is 15.3 Å². The molecule has 1 fully saturated rings. The Labute approximate surface area is 178 Å². The van der Waals surface area contributed by atoms with Crippen molar-refractivity contribution in [2.45, 2.75) is 45.8 Å². The molecule has 4 rings (SSSR count). The number of oxazole rings is 1. The van der Waals surface area contributed by atoms with E-state index in [1.54, 1.807) is 31.5 Å². The van der Waals surface area contributed by atoms with Gasteiger partial charge in [-0.3, -0.25) is 9.59 Å². The zero-order valence-corrected chi connectivity index (χ0v) is 17.6. The first-order chi connectivity index (χ1) is 14.8. The second kappa shape index (κ2) is 8.25. The van der Waals surface area contributed by atoms with Crippen molar-refractivity contribution in [1.82, 2.24) is 15.3 Å². The van der Waals surface area contributed by atoms with Crippen LogP contribution in [0.3, 0.4) is 0 Å². The van der Waals surface area contributed by atoms with Gasteiger partial charge in [-0.15, -0.1) is 0 Å². The molecule has 0 bridgehead atoms. The number of ether oxygens (including phenoxy) is 2. The Bertz CT molecular complexity index is 1150. The number of nitrogens with one attached hydrogen (secondary N) is 1. The summed E-state index contributed by atoms with van der Waals surface area (Å²) in [6, 6.07) is 3.27.